The fourth-order valence-corrected chi connectivity index (χ4v) is 4.65. The van der Waals surface area contributed by atoms with Gasteiger partial charge in [-0.3, -0.25) is 4.79 Å². The highest BCUT2D eigenvalue weighted by Gasteiger charge is 2.30. The fraction of sp³-hybridized carbons (Fsp3) is 0.0769. The molecule has 1 amide bonds. The number of alkyl halides is 3. The Balaban J connectivity index is 1.44. The highest BCUT2D eigenvalue weighted by Crippen LogP contribution is 2.37. The lowest BCUT2D eigenvalue weighted by Crippen LogP contribution is -2.14. The number of carbonyl (C=O) groups excluding carboxylic acids is 1. The van der Waals surface area contributed by atoms with E-state index in [1.54, 1.807) is 37.6 Å². The number of thiophene rings is 1. The third-order valence-corrected chi connectivity index (χ3v) is 6.50. The Bertz CT molecular complexity index is 1570. The number of benzene rings is 2. The number of pyridine rings is 1. The number of nitrogens with one attached hydrogen (secondary N) is 1. The topological polar surface area (TPSA) is 77.0 Å². The summed E-state index contributed by atoms with van der Waals surface area (Å²) in [5, 5.41) is 3.50. The van der Waals surface area contributed by atoms with Gasteiger partial charge in [0.2, 0.25) is 5.88 Å². The Morgan fingerprint density at radius 3 is 2.53 bits per heavy atom. The van der Waals surface area contributed by atoms with Gasteiger partial charge in [0.05, 0.1) is 18.4 Å². The van der Waals surface area contributed by atoms with Crippen LogP contribution in [0, 0.1) is 0 Å². The van der Waals surface area contributed by atoms with Crippen LogP contribution in [0.2, 0.25) is 0 Å². The second kappa shape index (κ2) is 9.38. The summed E-state index contributed by atoms with van der Waals surface area (Å²) in [4.78, 5) is 27.5. The fourth-order valence-electron chi connectivity index (χ4n) is 3.66. The third kappa shape index (κ3) is 4.76. The minimum absolute atomic E-state index is 0.0877. The maximum atomic E-state index is 13.0. The van der Waals surface area contributed by atoms with Gasteiger partial charge in [0.15, 0.2) is 0 Å². The van der Waals surface area contributed by atoms with E-state index in [1.165, 1.54) is 29.8 Å². The molecule has 0 aliphatic rings. The third-order valence-electron chi connectivity index (χ3n) is 5.41. The molecule has 3 heterocycles. The number of fused-ring (bicyclic) bond motifs is 1. The van der Waals surface area contributed by atoms with Crippen LogP contribution in [-0.4, -0.2) is 28.0 Å². The molecule has 10 heteroatoms. The van der Waals surface area contributed by atoms with Gasteiger partial charge < -0.3 is 10.1 Å². The molecule has 5 aromatic rings. The molecule has 0 aliphatic heterocycles. The molecule has 2 aromatic carbocycles. The molecule has 0 radical (unpaired) electrons. The first-order chi connectivity index (χ1) is 17.3. The van der Waals surface area contributed by atoms with E-state index >= 15 is 0 Å². The van der Waals surface area contributed by atoms with E-state index < -0.39 is 17.6 Å². The Hall–Kier alpha value is -4.31. The molecule has 0 saturated carbocycles. The van der Waals surface area contributed by atoms with E-state index in [0.717, 1.165) is 38.4 Å². The van der Waals surface area contributed by atoms with Crippen LogP contribution < -0.4 is 10.1 Å². The summed E-state index contributed by atoms with van der Waals surface area (Å²) >= 11 is 1.49. The van der Waals surface area contributed by atoms with Crippen molar-refractivity contribution in [2.75, 3.05) is 12.4 Å². The average Bonchev–Trinajstić information content (AvgIpc) is 3.33. The zero-order chi connectivity index (χ0) is 25.3. The summed E-state index contributed by atoms with van der Waals surface area (Å²) in [5.74, 6) is -0.125. The zero-order valence-electron chi connectivity index (χ0n) is 18.7. The van der Waals surface area contributed by atoms with Gasteiger partial charge in [0, 0.05) is 44.9 Å². The molecule has 0 spiro atoms. The van der Waals surface area contributed by atoms with Crippen molar-refractivity contribution in [3.63, 3.8) is 0 Å². The van der Waals surface area contributed by atoms with Crippen LogP contribution in [-0.2, 0) is 6.18 Å². The quantitative estimate of drug-likeness (QED) is 0.287. The lowest BCUT2D eigenvalue weighted by molar-refractivity contribution is -0.137. The van der Waals surface area contributed by atoms with E-state index in [1.807, 2.05) is 18.2 Å². The molecule has 0 fully saturated rings. The molecule has 0 bridgehead atoms. The van der Waals surface area contributed by atoms with Crippen LogP contribution in [0.4, 0.5) is 18.9 Å². The first-order valence-electron chi connectivity index (χ1n) is 10.7. The van der Waals surface area contributed by atoms with Crippen molar-refractivity contribution in [2.45, 2.75) is 6.18 Å². The second-order valence-electron chi connectivity index (χ2n) is 7.75. The number of hydrogen-bond donors (Lipinski definition) is 1. The Labute approximate surface area is 207 Å². The van der Waals surface area contributed by atoms with Crippen molar-refractivity contribution in [2.24, 2.45) is 0 Å². The minimum Gasteiger partial charge on any atom is -0.481 e. The van der Waals surface area contributed by atoms with Gasteiger partial charge in [0.25, 0.3) is 5.91 Å². The molecule has 0 unspecified atom stereocenters. The minimum atomic E-state index is -4.53. The maximum absolute atomic E-state index is 13.0. The van der Waals surface area contributed by atoms with Gasteiger partial charge in [-0.1, -0.05) is 18.2 Å². The number of ether oxygens (including phenoxy) is 1. The van der Waals surface area contributed by atoms with Crippen LogP contribution in [0.3, 0.4) is 0 Å². The second-order valence-corrected chi connectivity index (χ2v) is 8.79. The van der Waals surface area contributed by atoms with Crippen LogP contribution >= 0.6 is 11.3 Å². The summed E-state index contributed by atoms with van der Waals surface area (Å²) in [6.07, 6.45) is -1.34. The molecular weight excluding hydrogens is 489 g/mol. The van der Waals surface area contributed by atoms with E-state index in [0.29, 0.717) is 17.3 Å². The van der Waals surface area contributed by atoms with E-state index in [-0.39, 0.29) is 5.56 Å². The van der Waals surface area contributed by atoms with Crippen LogP contribution in [0.15, 0.2) is 79.3 Å². The van der Waals surface area contributed by atoms with Crippen LogP contribution in [0.1, 0.15) is 15.9 Å². The number of hydrogen-bond acceptors (Lipinski definition) is 6. The summed E-state index contributed by atoms with van der Waals surface area (Å²) < 4.78 is 44.2. The van der Waals surface area contributed by atoms with Crippen molar-refractivity contribution >= 4 is 33.1 Å². The number of rotatable bonds is 5. The van der Waals surface area contributed by atoms with Crippen molar-refractivity contribution in [1.29, 1.82) is 0 Å². The molecule has 6 nitrogen and oxygen atoms in total. The molecule has 0 aliphatic carbocycles. The lowest BCUT2D eigenvalue weighted by atomic mass is 10.1. The van der Waals surface area contributed by atoms with Crippen molar-refractivity contribution in [3.05, 3.63) is 90.4 Å². The lowest BCUT2D eigenvalue weighted by Gasteiger charge is -2.10. The normalized spacial score (nSPS) is 11.4. The summed E-state index contributed by atoms with van der Waals surface area (Å²) in [7, 11) is 1.56. The predicted molar refractivity (Wildman–Crippen MR) is 132 cm³/mol. The van der Waals surface area contributed by atoms with Gasteiger partial charge in [-0.2, -0.15) is 13.2 Å². The number of nitrogens with zero attached hydrogens (tertiary/aromatic N) is 3. The van der Waals surface area contributed by atoms with E-state index in [9.17, 15) is 18.0 Å². The monoisotopic (exact) mass is 506 g/mol. The predicted octanol–water partition coefficient (Wildman–Crippen LogP) is 6.70. The first-order valence-corrected chi connectivity index (χ1v) is 11.5. The van der Waals surface area contributed by atoms with Crippen LogP contribution in [0.25, 0.3) is 31.9 Å². The number of halogens is 3. The highest BCUT2D eigenvalue weighted by atomic mass is 32.1. The van der Waals surface area contributed by atoms with E-state index in [4.69, 9.17) is 4.74 Å². The molecule has 180 valence electrons. The molecule has 5 rings (SSSR count). The molecule has 1 N–H and O–H groups in total. The van der Waals surface area contributed by atoms with E-state index in [2.05, 4.69) is 20.3 Å². The van der Waals surface area contributed by atoms with Crippen molar-refractivity contribution in [3.8, 4) is 27.6 Å². The smallest absolute Gasteiger partial charge is 0.416 e. The Morgan fingerprint density at radius 1 is 0.944 bits per heavy atom. The Kier molecular flexibility index (Phi) is 6.11. The van der Waals surface area contributed by atoms with Gasteiger partial charge in [0.1, 0.15) is 11.2 Å². The average molecular weight is 507 g/mol. The molecular formula is C26H17F3N4O2S. The number of anilines is 1. The summed E-state index contributed by atoms with van der Waals surface area (Å²) in [6, 6.07) is 16.9. The van der Waals surface area contributed by atoms with Crippen LogP contribution in [0.5, 0.6) is 5.88 Å². The number of aromatic nitrogens is 3. The molecule has 3 aromatic heterocycles. The highest BCUT2D eigenvalue weighted by molar-refractivity contribution is 7.21. The zero-order valence-corrected chi connectivity index (χ0v) is 19.5. The SMILES string of the molecule is COc1ccc(-c2cc3c(-c4cccc(NC(=O)c5cccc(C(F)(F)F)c5)c4)ncnc3s2)cn1. The van der Waals surface area contributed by atoms with Gasteiger partial charge in [-0.05, 0) is 42.5 Å². The van der Waals surface area contributed by atoms with Gasteiger partial charge >= 0.3 is 6.18 Å². The maximum Gasteiger partial charge on any atom is 0.416 e. The molecule has 0 atom stereocenters. The largest absolute Gasteiger partial charge is 0.481 e. The number of methoxy groups -OCH3 is 1. The van der Waals surface area contributed by atoms with Gasteiger partial charge in [-0.15, -0.1) is 11.3 Å². The standard InChI is InChI=1S/C26H17F3N4O2S/c1-35-22-9-8-17(13-30-22)21-12-20-23(31-14-32-25(20)36-21)15-4-3-7-19(11-15)33-24(34)16-5-2-6-18(10-16)26(27,28)29/h2-14H,1H3,(H,33,34). The van der Waals surface area contributed by atoms with Crippen molar-refractivity contribution < 1.29 is 22.7 Å². The Morgan fingerprint density at radius 2 is 1.78 bits per heavy atom. The van der Waals surface area contributed by atoms with Crippen molar-refractivity contribution in [1.82, 2.24) is 15.0 Å². The summed E-state index contributed by atoms with van der Waals surface area (Å²) in [5.41, 5.74) is 1.76. The molecule has 36 heavy (non-hydrogen) atoms. The molecule has 0 saturated heterocycles. The number of carbonyl (C=O) groups is 1. The summed E-state index contributed by atoms with van der Waals surface area (Å²) in [6.45, 7) is 0. The number of amides is 1. The first kappa shape index (κ1) is 23.4. The van der Waals surface area contributed by atoms with Gasteiger partial charge in [-0.25, -0.2) is 15.0 Å².